The number of nitrogens with one attached hydrogen (secondary N) is 3. The number of carbonyl (C=O) groups is 5. The van der Waals surface area contributed by atoms with Gasteiger partial charge < -0.3 is 25.6 Å². The third-order valence-electron chi connectivity index (χ3n) is 8.49. The van der Waals surface area contributed by atoms with Crippen LogP contribution in [0.3, 0.4) is 0 Å². The lowest BCUT2D eigenvalue weighted by atomic mass is 9.85. The van der Waals surface area contributed by atoms with Crippen LogP contribution in [-0.2, 0) is 23.9 Å². The zero-order valence-electron chi connectivity index (χ0n) is 25.8. The summed E-state index contributed by atoms with van der Waals surface area (Å²) in [6, 6.07) is -2.68. The SMILES string of the molecule is CCCCC(NC(=O)C1C2C(CN1C(=O)C(NC(=O)OC(C)(C)C)C(C)(C)C)C2(C)C)C(=O)C(=O)NCC1CC1. The number of rotatable bonds is 11. The summed E-state index contributed by atoms with van der Waals surface area (Å²) in [5.41, 5.74) is -1.53. The molecule has 40 heavy (non-hydrogen) atoms. The summed E-state index contributed by atoms with van der Waals surface area (Å²) in [5, 5.41) is 8.30. The third-order valence-corrected chi connectivity index (χ3v) is 8.49. The van der Waals surface area contributed by atoms with E-state index >= 15 is 0 Å². The first-order chi connectivity index (χ1) is 18.4. The molecule has 3 aliphatic rings. The van der Waals surface area contributed by atoms with Crippen LogP contribution >= 0.6 is 0 Å². The first-order valence-corrected chi connectivity index (χ1v) is 14.8. The number of ketones is 1. The number of amides is 4. The van der Waals surface area contributed by atoms with E-state index in [4.69, 9.17) is 4.74 Å². The molecule has 2 aliphatic carbocycles. The van der Waals surface area contributed by atoms with Crippen LogP contribution in [0.2, 0.25) is 0 Å². The van der Waals surface area contributed by atoms with Crippen molar-refractivity contribution in [3.63, 3.8) is 0 Å². The normalized spacial score (nSPS) is 24.8. The van der Waals surface area contributed by atoms with Crippen LogP contribution in [0, 0.1) is 28.6 Å². The van der Waals surface area contributed by atoms with Gasteiger partial charge in [0.15, 0.2) is 0 Å². The molecule has 0 radical (unpaired) electrons. The van der Waals surface area contributed by atoms with E-state index in [9.17, 15) is 24.0 Å². The number of carbonyl (C=O) groups excluding carboxylic acids is 5. The van der Waals surface area contributed by atoms with E-state index in [2.05, 4.69) is 29.8 Å². The topological polar surface area (TPSA) is 134 Å². The number of hydrogen-bond donors (Lipinski definition) is 3. The van der Waals surface area contributed by atoms with Gasteiger partial charge in [0.25, 0.3) is 5.91 Å². The molecular weight excluding hydrogens is 512 g/mol. The van der Waals surface area contributed by atoms with Crippen LogP contribution in [0.15, 0.2) is 0 Å². The molecule has 226 valence electrons. The number of likely N-dealkylation sites (tertiary alicyclic amines) is 1. The molecule has 10 heteroatoms. The Balaban J connectivity index is 1.80. The highest BCUT2D eigenvalue weighted by Crippen LogP contribution is 2.65. The highest BCUT2D eigenvalue weighted by molar-refractivity contribution is 6.38. The Morgan fingerprint density at radius 2 is 1.62 bits per heavy atom. The van der Waals surface area contributed by atoms with Crippen LogP contribution in [-0.4, -0.2) is 71.3 Å². The molecule has 0 bridgehead atoms. The Morgan fingerprint density at radius 3 is 2.15 bits per heavy atom. The Labute approximate surface area is 239 Å². The summed E-state index contributed by atoms with van der Waals surface area (Å²) in [6.45, 7) is 17.8. The van der Waals surface area contributed by atoms with Gasteiger partial charge in [-0.25, -0.2) is 4.79 Å². The van der Waals surface area contributed by atoms with E-state index in [0.717, 1.165) is 19.3 Å². The second kappa shape index (κ2) is 11.7. The smallest absolute Gasteiger partial charge is 0.408 e. The number of nitrogens with zero attached hydrogens (tertiary/aromatic N) is 1. The standard InChI is InChI=1S/C30H50N4O6/c1-10-11-12-19(22(35)25(37)31-15-17-13-14-17)32-24(36)21-20-18(30(20,8)9)16-34(21)26(38)23(28(2,3)4)33-27(39)40-29(5,6)7/h17-21,23H,10-16H2,1-9H3,(H,31,37)(H,32,36)(H,33,39). The van der Waals surface area contributed by atoms with Crippen molar-refractivity contribution in [2.24, 2.45) is 28.6 Å². The van der Waals surface area contributed by atoms with Gasteiger partial charge in [0.2, 0.25) is 17.6 Å². The van der Waals surface area contributed by atoms with Gasteiger partial charge in [-0.3, -0.25) is 19.2 Å². The second-order valence-corrected chi connectivity index (χ2v) is 14.6. The number of alkyl carbamates (subject to hydrolysis) is 1. The minimum atomic E-state index is -0.956. The lowest BCUT2D eigenvalue weighted by Gasteiger charge is -2.38. The maximum Gasteiger partial charge on any atom is 0.408 e. The van der Waals surface area contributed by atoms with Gasteiger partial charge in [-0.15, -0.1) is 0 Å². The van der Waals surface area contributed by atoms with E-state index in [0.29, 0.717) is 31.8 Å². The summed E-state index contributed by atoms with van der Waals surface area (Å²) in [7, 11) is 0. The van der Waals surface area contributed by atoms with Gasteiger partial charge in [-0.2, -0.15) is 0 Å². The maximum absolute atomic E-state index is 14.0. The molecule has 1 saturated heterocycles. The Morgan fingerprint density at radius 1 is 1.00 bits per heavy atom. The van der Waals surface area contributed by atoms with E-state index < -0.39 is 52.8 Å². The molecule has 0 aromatic heterocycles. The number of fused-ring (bicyclic) bond motifs is 1. The minimum absolute atomic E-state index is 0.0794. The zero-order chi connectivity index (χ0) is 30.2. The molecule has 3 N–H and O–H groups in total. The average molecular weight is 563 g/mol. The maximum atomic E-state index is 14.0. The van der Waals surface area contributed by atoms with Crippen molar-refractivity contribution < 1.29 is 28.7 Å². The van der Waals surface area contributed by atoms with Gasteiger partial charge >= 0.3 is 6.09 Å². The molecule has 1 aliphatic heterocycles. The molecule has 5 unspecified atom stereocenters. The van der Waals surface area contributed by atoms with Crippen LogP contribution in [0.25, 0.3) is 0 Å². The lowest BCUT2D eigenvalue weighted by Crippen LogP contribution is -2.60. The average Bonchev–Trinajstić information content (AvgIpc) is 3.69. The summed E-state index contributed by atoms with van der Waals surface area (Å²) in [4.78, 5) is 67.7. The largest absolute Gasteiger partial charge is 0.444 e. The second-order valence-electron chi connectivity index (χ2n) is 14.6. The van der Waals surface area contributed by atoms with Crippen molar-refractivity contribution >= 4 is 29.6 Å². The Hall–Kier alpha value is -2.65. The highest BCUT2D eigenvalue weighted by atomic mass is 16.6. The van der Waals surface area contributed by atoms with Crippen LogP contribution in [0.4, 0.5) is 4.79 Å². The van der Waals surface area contributed by atoms with Crippen LogP contribution in [0.1, 0.15) is 94.4 Å². The van der Waals surface area contributed by atoms with Crippen molar-refractivity contribution in [1.82, 2.24) is 20.9 Å². The molecule has 0 aromatic carbocycles. The number of unbranched alkanes of at least 4 members (excludes halogenated alkanes) is 1. The first-order valence-electron chi connectivity index (χ1n) is 14.8. The molecule has 0 spiro atoms. The van der Waals surface area contributed by atoms with Crippen molar-refractivity contribution in [3.8, 4) is 0 Å². The first kappa shape index (κ1) is 31.9. The summed E-state index contributed by atoms with van der Waals surface area (Å²) >= 11 is 0. The fourth-order valence-electron chi connectivity index (χ4n) is 5.79. The van der Waals surface area contributed by atoms with Gasteiger partial charge in [-0.1, -0.05) is 54.4 Å². The van der Waals surface area contributed by atoms with Gasteiger partial charge in [-0.05, 0) is 68.6 Å². The molecule has 10 nitrogen and oxygen atoms in total. The lowest BCUT2D eigenvalue weighted by molar-refractivity contribution is -0.145. The monoisotopic (exact) mass is 562 g/mol. The number of ether oxygens (including phenoxy) is 1. The van der Waals surface area contributed by atoms with Gasteiger partial charge in [0.05, 0.1) is 6.04 Å². The fourth-order valence-corrected chi connectivity index (χ4v) is 5.79. The predicted molar refractivity (Wildman–Crippen MR) is 151 cm³/mol. The quantitative estimate of drug-likeness (QED) is 0.331. The zero-order valence-corrected chi connectivity index (χ0v) is 25.8. The van der Waals surface area contributed by atoms with Gasteiger partial charge in [0.1, 0.15) is 17.7 Å². The molecular formula is C30H50N4O6. The molecule has 1 heterocycles. The summed E-state index contributed by atoms with van der Waals surface area (Å²) < 4.78 is 5.42. The number of Topliss-reactive ketones (excluding diaryl/α,β-unsaturated/α-hetero) is 1. The van der Waals surface area contributed by atoms with Crippen molar-refractivity contribution in [2.45, 2.75) is 118 Å². The summed E-state index contributed by atoms with van der Waals surface area (Å²) in [6.07, 6.45) is 3.22. The van der Waals surface area contributed by atoms with E-state index in [1.54, 1.807) is 25.7 Å². The molecule has 4 amide bonds. The van der Waals surface area contributed by atoms with Crippen molar-refractivity contribution in [1.29, 1.82) is 0 Å². The van der Waals surface area contributed by atoms with Gasteiger partial charge in [0, 0.05) is 13.1 Å². The molecule has 0 aromatic rings. The fraction of sp³-hybridized carbons (Fsp3) is 0.833. The van der Waals surface area contributed by atoms with Crippen LogP contribution in [0.5, 0.6) is 0 Å². The highest BCUT2D eigenvalue weighted by Gasteiger charge is 2.70. The minimum Gasteiger partial charge on any atom is -0.444 e. The molecule has 3 fully saturated rings. The van der Waals surface area contributed by atoms with Crippen LogP contribution < -0.4 is 16.0 Å². The number of hydrogen-bond acceptors (Lipinski definition) is 6. The third kappa shape index (κ3) is 7.55. The van der Waals surface area contributed by atoms with E-state index in [1.165, 1.54) is 0 Å². The Bertz CT molecular complexity index is 1010. The van der Waals surface area contributed by atoms with E-state index in [-0.39, 0.29) is 23.2 Å². The predicted octanol–water partition coefficient (Wildman–Crippen LogP) is 3.18. The summed E-state index contributed by atoms with van der Waals surface area (Å²) in [5.74, 6) is -1.64. The van der Waals surface area contributed by atoms with E-state index in [1.807, 2.05) is 27.7 Å². The molecule has 5 atom stereocenters. The molecule has 2 saturated carbocycles. The Kier molecular flexibility index (Phi) is 9.31. The van der Waals surface area contributed by atoms with Crippen molar-refractivity contribution in [2.75, 3.05) is 13.1 Å². The number of piperidine rings is 1. The molecule has 3 rings (SSSR count). The van der Waals surface area contributed by atoms with Crippen molar-refractivity contribution in [3.05, 3.63) is 0 Å².